The number of rotatable bonds is 5. The Bertz CT molecular complexity index is 899. The highest BCUT2D eigenvalue weighted by Crippen LogP contribution is 2.71. The van der Waals surface area contributed by atoms with E-state index in [-0.39, 0.29) is 10.8 Å². The van der Waals surface area contributed by atoms with Crippen LogP contribution >= 0.6 is 0 Å². The van der Waals surface area contributed by atoms with Crippen molar-refractivity contribution in [2.24, 2.45) is 22.7 Å². The highest BCUT2D eigenvalue weighted by Gasteiger charge is 2.73. The van der Waals surface area contributed by atoms with Crippen molar-refractivity contribution in [3.8, 4) is 0 Å². The van der Waals surface area contributed by atoms with Crippen LogP contribution in [0.5, 0.6) is 0 Å². The fourth-order valence-electron chi connectivity index (χ4n) is 10.1. The molecule has 1 amide bonds. The van der Waals surface area contributed by atoms with Crippen molar-refractivity contribution < 1.29 is 4.79 Å². The SMILES string of the molecule is CCC[C@@]12CC3CC(C(=O)N[C@H]4CN5CCC6CC645)(C1)C[C@](c1ccccc1)(C3)C2. The summed E-state index contributed by atoms with van der Waals surface area (Å²) in [5.74, 6) is 2.04. The molecule has 8 rings (SSSR count). The molecule has 5 saturated carbocycles. The largest absolute Gasteiger partial charge is 0.350 e. The van der Waals surface area contributed by atoms with Crippen molar-refractivity contribution in [1.82, 2.24) is 10.2 Å². The summed E-state index contributed by atoms with van der Waals surface area (Å²) in [4.78, 5) is 16.7. The summed E-state index contributed by atoms with van der Waals surface area (Å²) in [6.45, 7) is 4.71. The van der Waals surface area contributed by atoms with E-state index in [1.54, 1.807) is 0 Å². The van der Waals surface area contributed by atoms with Crippen LogP contribution < -0.4 is 5.32 Å². The molecule has 3 nitrogen and oxygen atoms in total. The van der Waals surface area contributed by atoms with Crippen molar-refractivity contribution in [1.29, 1.82) is 0 Å². The third kappa shape index (κ3) is 2.18. The first kappa shape index (κ1) is 18.2. The Morgan fingerprint density at radius 3 is 2.73 bits per heavy atom. The van der Waals surface area contributed by atoms with Crippen molar-refractivity contribution in [2.75, 3.05) is 13.1 Å². The Labute approximate surface area is 181 Å². The second-order valence-corrected chi connectivity index (χ2v) is 12.3. The van der Waals surface area contributed by atoms with Crippen LogP contribution in [0, 0.1) is 22.7 Å². The van der Waals surface area contributed by atoms with Crippen LogP contribution in [0.4, 0.5) is 0 Å². The minimum absolute atomic E-state index is 0.121. The van der Waals surface area contributed by atoms with Gasteiger partial charge in [0.2, 0.25) is 5.91 Å². The molecule has 3 heteroatoms. The van der Waals surface area contributed by atoms with Crippen molar-refractivity contribution in [2.45, 2.75) is 88.1 Å². The first-order valence-electron chi connectivity index (χ1n) is 12.6. The third-order valence-electron chi connectivity index (χ3n) is 10.6. The fraction of sp³-hybridized carbons (Fsp3) is 0.741. The van der Waals surface area contributed by atoms with E-state index in [0.717, 1.165) is 37.6 Å². The zero-order chi connectivity index (χ0) is 20.2. The summed E-state index contributed by atoms with van der Waals surface area (Å²) in [6, 6.07) is 11.7. The van der Waals surface area contributed by atoms with E-state index in [1.165, 1.54) is 57.1 Å². The summed E-state index contributed by atoms with van der Waals surface area (Å²) in [5, 5.41) is 3.67. The molecule has 5 aliphatic carbocycles. The molecule has 0 radical (unpaired) electrons. The van der Waals surface area contributed by atoms with E-state index in [4.69, 9.17) is 0 Å². The maximum atomic E-state index is 14.0. The van der Waals surface area contributed by atoms with E-state index >= 15 is 0 Å². The third-order valence-corrected chi connectivity index (χ3v) is 10.6. The van der Waals surface area contributed by atoms with Gasteiger partial charge in [0.1, 0.15) is 0 Å². The van der Waals surface area contributed by atoms with Crippen molar-refractivity contribution in [3.63, 3.8) is 0 Å². The van der Waals surface area contributed by atoms with Gasteiger partial charge in [-0.1, -0.05) is 43.7 Å². The van der Waals surface area contributed by atoms with Crippen LogP contribution in [-0.2, 0) is 10.2 Å². The summed E-state index contributed by atoms with van der Waals surface area (Å²) in [5.41, 5.74) is 2.40. The second-order valence-electron chi connectivity index (χ2n) is 12.3. The van der Waals surface area contributed by atoms with Crippen LogP contribution in [0.15, 0.2) is 30.3 Å². The number of nitrogens with one attached hydrogen (secondary N) is 1. The first-order chi connectivity index (χ1) is 14.5. The zero-order valence-electron chi connectivity index (χ0n) is 18.5. The number of hydrogen-bond acceptors (Lipinski definition) is 2. The number of amides is 1. The van der Waals surface area contributed by atoms with E-state index in [1.807, 2.05) is 0 Å². The highest BCUT2D eigenvalue weighted by molar-refractivity contribution is 5.84. The molecule has 7 fully saturated rings. The van der Waals surface area contributed by atoms with Gasteiger partial charge in [0.25, 0.3) is 0 Å². The van der Waals surface area contributed by atoms with Crippen LogP contribution in [-0.4, -0.2) is 35.5 Å². The van der Waals surface area contributed by atoms with E-state index in [9.17, 15) is 4.79 Å². The smallest absolute Gasteiger partial charge is 0.226 e. The normalized spacial score (nSPS) is 50.0. The van der Waals surface area contributed by atoms with Gasteiger partial charge in [0.15, 0.2) is 0 Å². The fourth-order valence-corrected chi connectivity index (χ4v) is 10.1. The van der Waals surface area contributed by atoms with Crippen molar-refractivity contribution >= 4 is 5.91 Å². The quantitative estimate of drug-likeness (QED) is 0.774. The highest BCUT2D eigenvalue weighted by atomic mass is 16.2. The molecule has 30 heavy (non-hydrogen) atoms. The number of carbonyl (C=O) groups excluding carboxylic acids is 1. The Morgan fingerprint density at radius 2 is 1.97 bits per heavy atom. The molecule has 2 heterocycles. The predicted octanol–water partition coefficient (Wildman–Crippen LogP) is 4.66. The lowest BCUT2D eigenvalue weighted by molar-refractivity contribution is -0.166. The van der Waals surface area contributed by atoms with E-state index in [2.05, 4.69) is 47.5 Å². The van der Waals surface area contributed by atoms with Gasteiger partial charge in [-0.3, -0.25) is 9.69 Å². The molecule has 2 saturated heterocycles. The van der Waals surface area contributed by atoms with Gasteiger partial charge >= 0.3 is 0 Å². The van der Waals surface area contributed by atoms with Gasteiger partial charge in [-0.2, -0.15) is 0 Å². The van der Waals surface area contributed by atoms with Gasteiger partial charge in [0, 0.05) is 12.1 Å². The maximum Gasteiger partial charge on any atom is 0.226 e. The molecule has 1 aromatic carbocycles. The molecule has 2 aliphatic heterocycles. The van der Waals surface area contributed by atoms with Gasteiger partial charge in [-0.15, -0.1) is 0 Å². The van der Waals surface area contributed by atoms with Crippen molar-refractivity contribution in [3.05, 3.63) is 35.9 Å². The predicted molar refractivity (Wildman–Crippen MR) is 118 cm³/mol. The molecular weight excluding hydrogens is 368 g/mol. The van der Waals surface area contributed by atoms with Crippen LogP contribution in [0.3, 0.4) is 0 Å². The van der Waals surface area contributed by atoms with Gasteiger partial charge in [-0.05, 0) is 92.6 Å². The number of nitrogens with zero attached hydrogens (tertiary/aromatic N) is 1. The number of carbonyl (C=O) groups is 1. The molecule has 1 aromatic rings. The average Bonchev–Trinajstić information content (AvgIpc) is 3.41. The Hall–Kier alpha value is -1.35. The molecule has 4 unspecified atom stereocenters. The van der Waals surface area contributed by atoms with E-state index in [0.29, 0.717) is 22.9 Å². The van der Waals surface area contributed by atoms with Crippen LogP contribution in [0.1, 0.15) is 76.7 Å². The summed E-state index contributed by atoms with van der Waals surface area (Å²) >= 11 is 0. The van der Waals surface area contributed by atoms with Crippen LogP contribution in [0.25, 0.3) is 0 Å². The molecule has 1 spiro atoms. The Morgan fingerprint density at radius 1 is 1.10 bits per heavy atom. The molecule has 0 aromatic heterocycles. The van der Waals surface area contributed by atoms with Crippen LogP contribution in [0.2, 0.25) is 0 Å². The lowest BCUT2D eigenvalue weighted by Crippen LogP contribution is -2.70. The Balaban J connectivity index is 1.23. The van der Waals surface area contributed by atoms with Gasteiger partial charge in [-0.25, -0.2) is 0 Å². The summed E-state index contributed by atoms with van der Waals surface area (Å²) < 4.78 is 0. The average molecular weight is 405 g/mol. The first-order valence-corrected chi connectivity index (χ1v) is 12.6. The zero-order valence-corrected chi connectivity index (χ0v) is 18.5. The minimum Gasteiger partial charge on any atom is -0.350 e. The standard InChI is InChI=1S/C27H36N2O/c1-2-9-24-11-19-12-25(16-24,20-6-4-3-5-7-20)18-26(13-19,17-24)23(30)28-22-15-29-10-8-21-14-27(21,22)29/h3-7,19,21-22H,2,8-18H2,1H3,(H,28,30)/t19?,21?,22-,24-,25-,26?,27?/m0/s1. The Kier molecular flexibility index (Phi) is 3.47. The molecule has 7 atom stereocenters. The molecular formula is C27H36N2O. The number of piperidine rings is 1. The summed E-state index contributed by atoms with van der Waals surface area (Å²) in [7, 11) is 0. The van der Waals surface area contributed by atoms with E-state index < -0.39 is 0 Å². The second kappa shape index (κ2) is 5.71. The number of benzene rings is 1. The molecule has 160 valence electrons. The molecule has 7 aliphatic rings. The topological polar surface area (TPSA) is 32.3 Å². The van der Waals surface area contributed by atoms with Gasteiger partial charge in [0.05, 0.1) is 11.5 Å². The minimum atomic E-state index is -0.121. The lowest BCUT2D eigenvalue weighted by Gasteiger charge is -2.66. The monoisotopic (exact) mass is 404 g/mol. The maximum absolute atomic E-state index is 14.0. The summed E-state index contributed by atoms with van der Waals surface area (Å²) in [6.07, 6.45) is 12.6. The number of hydrogen-bond donors (Lipinski definition) is 1. The molecule has 1 N–H and O–H groups in total. The van der Waals surface area contributed by atoms with Gasteiger partial charge < -0.3 is 5.32 Å². The lowest BCUT2D eigenvalue weighted by atomic mass is 9.37. The molecule has 4 bridgehead atoms.